The van der Waals surface area contributed by atoms with Crippen LogP contribution in [0.4, 0.5) is 13.2 Å². The van der Waals surface area contributed by atoms with Gasteiger partial charge in [-0.3, -0.25) is 9.35 Å². The number of cyclic esters (lactones) is 1. The fourth-order valence-electron chi connectivity index (χ4n) is 2.48. The number of hydrogen-bond acceptors (Lipinski definition) is 6. The van der Waals surface area contributed by atoms with Crippen molar-refractivity contribution in [3.05, 3.63) is 0 Å². The Morgan fingerprint density at radius 3 is 2.44 bits per heavy atom. The van der Waals surface area contributed by atoms with Crippen LogP contribution in [0.1, 0.15) is 46.5 Å². The van der Waals surface area contributed by atoms with E-state index < -0.39 is 51.1 Å². The Kier molecular flexibility index (Phi) is 6.16. The molecule has 0 spiro atoms. The van der Waals surface area contributed by atoms with Gasteiger partial charge in [-0.05, 0) is 19.3 Å². The first kappa shape index (κ1) is 21.7. The van der Waals surface area contributed by atoms with E-state index in [4.69, 9.17) is 9.29 Å². The standard InChI is InChI=1S/C14H21F3O7S/c1-4-12(2,3)13(7-5-6-10(18)24-13)11(19)23-8-9(15)14(16,17)25(20,21)22/h9H,4-8H2,1-3H3,(H,20,21,22). The second-order valence-corrected chi connectivity index (χ2v) is 7.99. The maximum absolute atomic E-state index is 13.5. The number of alkyl halides is 3. The Hall–Kier alpha value is -1.36. The van der Waals surface area contributed by atoms with Crippen LogP contribution in [0, 0.1) is 5.41 Å². The van der Waals surface area contributed by atoms with E-state index in [0.29, 0.717) is 6.42 Å². The van der Waals surface area contributed by atoms with Crippen LogP contribution in [-0.4, -0.2) is 48.5 Å². The number of halogens is 3. The molecule has 1 fully saturated rings. The molecule has 11 heteroatoms. The lowest BCUT2D eigenvalue weighted by molar-refractivity contribution is -0.208. The summed E-state index contributed by atoms with van der Waals surface area (Å²) in [6.07, 6.45) is -2.70. The third kappa shape index (κ3) is 4.08. The Morgan fingerprint density at radius 1 is 1.44 bits per heavy atom. The van der Waals surface area contributed by atoms with Gasteiger partial charge in [-0.1, -0.05) is 20.8 Å². The number of carbonyl (C=O) groups is 2. The van der Waals surface area contributed by atoms with Gasteiger partial charge in [0.2, 0.25) is 11.8 Å². The smallest absolute Gasteiger partial charge is 0.403 e. The molecule has 0 bridgehead atoms. The SMILES string of the molecule is CCC(C)(C)C1(C(=O)OCC(F)C(F)(F)S(=O)(=O)O)CCCC(=O)O1. The molecule has 1 rings (SSSR count). The van der Waals surface area contributed by atoms with Gasteiger partial charge in [-0.2, -0.15) is 17.2 Å². The zero-order valence-corrected chi connectivity index (χ0v) is 14.9. The largest absolute Gasteiger partial charge is 0.459 e. The summed E-state index contributed by atoms with van der Waals surface area (Å²) < 4.78 is 79.0. The number of hydrogen-bond donors (Lipinski definition) is 1. The van der Waals surface area contributed by atoms with Gasteiger partial charge in [-0.25, -0.2) is 9.18 Å². The third-order valence-electron chi connectivity index (χ3n) is 4.57. The van der Waals surface area contributed by atoms with Crippen LogP contribution in [0.3, 0.4) is 0 Å². The highest BCUT2D eigenvalue weighted by molar-refractivity contribution is 7.86. The summed E-state index contributed by atoms with van der Waals surface area (Å²) in [5.74, 6) is -1.91. The molecule has 0 aromatic carbocycles. The molecule has 1 N–H and O–H groups in total. The summed E-state index contributed by atoms with van der Waals surface area (Å²) in [6.45, 7) is 3.30. The molecule has 0 aliphatic carbocycles. The van der Waals surface area contributed by atoms with Crippen molar-refractivity contribution in [3.63, 3.8) is 0 Å². The minimum atomic E-state index is -6.02. The fourth-order valence-corrected chi connectivity index (χ4v) is 2.88. The summed E-state index contributed by atoms with van der Waals surface area (Å²) in [4.78, 5) is 24.1. The van der Waals surface area contributed by atoms with E-state index in [0.717, 1.165) is 0 Å². The highest BCUT2D eigenvalue weighted by atomic mass is 32.2. The van der Waals surface area contributed by atoms with E-state index in [1.807, 2.05) is 0 Å². The van der Waals surface area contributed by atoms with E-state index in [2.05, 4.69) is 4.74 Å². The van der Waals surface area contributed by atoms with Crippen molar-refractivity contribution < 1.29 is 45.2 Å². The number of carbonyl (C=O) groups excluding carboxylic acids is 2. The maximum atomic E-state index is 13.5. The van der Waals surface area contributed by atoms with Crippen LogP contribution in [-0.2, 0) is 29.2 Å². The average Bonchev–Trinajstić information content (AvgIpc) is 2.50. The molecule has 25 heavy (non-hydrogen) atoms. The number of ether oxygens (including phenoxy) is 2. The van der Waals surface area contributed by atoms with Crippen molar-refractivity contribution in [3.8, 4) is 0 Å². The molecule has 146 valence electrons. The Morgan fingerprint density at radius 2 is 2.00 bits per heavy atom. The van der Waals surface area contributed by atoms with Gasteiger partial charge in [0.1, 0.15) is 6.61 Å². The van der Waals surface area contributed by atoms with Gasteiger partial charge in [0.05, 0.1) is 0 Å². The van der Waals surface area contributed by atoms with E-state index >= 15 is 0 Å². The highest BCUT2D eigenvalue weighted by Crippen LogP contribution is 2.44. The third-order valence-corrected chi connectivity index (χ3v) is 5.52. The zero-order valence-electron chi connectivity index (χ0n) is 14.1. The Bertz CT molecular complexity index is 632. The predicted molar refractivity (Wildman–Crippen MR) is 79.1 cm³/mol. The summed E-state index contributed by atoms with van der Waals surface area (Å²) in [6, 6.07) is 0. The monoisotopic (exact) mass is 390 g/mol. The molecular formula is C14H21F3O7S. The van der Waals surface area contributed by atoms with Crippen LogP contribution in [0.15, 0.2) is 0 Å². The van der Waals surface area contributed by atoms with Gasteiger partial charge in [-0.15, -0.1) is 0 Å². The lowest BCUT2D eigenvalue weighted by Gasteiger charge is -2.45. The molecule has 2 atom stereocenters. The summed E-state index contributed by atoms with van der Waals surface area (Å²) >= 11 is 0. The van der Waals surface area contributed by atoms with Gasteiger partial charge in [0, 0.05) is 11.8 Å². The first-order valence-corrected chi connectivity index (χ1v) is 9.03. The second kappa shape index (κ2) is 7.10. The van der Waals surface area contributed by atoms with Gasteiger partial charge >= 0.3 is 27.3 Å². The average molecular weight is 390 g/mol. The summed E-state index contributed by atoms with van der Waals surface area (Å²) in [5.41, 5.74) is -2.72. The van der Waals surface area contributed by atoms with Gasteiger partial charge in [0.25, 0.3) is 0 Å². The summed E-state index contributed by atoms with van der Waals surface area (Å²) in [5, 5.41) is -5.13. The van der Waals surface area contributed by atoms with E-state index in [-0.39, 0.29) is 19.3 Å². The van der Waals surface area contributed by atoms with E-state index in [1.165, 1.54) is 0 Å². The van der Waals surface area contributed by atoms with Gasteiger partial charge < -0.3 is 9.47 Å². The van der Waals surface area contributed by atoms with Crippen LogP contribution in [0.25, 0.3) is 0 Å². The van der Waals surface area contributed by atoms with E-state index in [9.17, 15) is 31.2 Å². The Balaban J connectivity index is 3.00. The minimum absolute atomic E-state index is 0.0596. The van der Waals surface area contributed by atoms with Crippen molar-refractivity contribution in [2.45, 2.75) is 63.5 Å². The zero-order chi connectivity index (χ0) is 19.7. The molecule has 0 aromatic heterocycles. The lowest BCUT2D eigenvalue weighted by Crippen LogP contribution is -2.57. The van der Waals surface area contributed by atoms with Crippen molar-refractivity contribution in [2.75, 3.05) is 6.61 Å². The van der Waals surface area contributed by atoms with Crippen molar-refractivity contribution in [1.82, 2.24) is 0 Å². The van der Waals surface area contributed by atoms with Crippen molar-refractivity contribution >= 4 is 22.1 Å². The maximum Gasteiger partial charge on any atom is 0.403 e. The molecule has 0 aromatic rings. The second-order valence-electron chi connectivity index (χ2n) is 6.49. The normalized spacial score (nSPS) is 23.7. The topological polar surface area (TPSA) is 107 Å². The Labute approximate surface area is 143 Å². The first-order chi connectivity index (χ1) is 11.2. The lowest BCUT2D eigenvalue weighted by atomic mass is 9.69. The summed E-state index contributed by atoms with van der Waals surface area (Å²) in [7, 11) is -6.02. The van der Waals surface area contributed by atoms with Crippen molar-refractivity contribution in [1.29, 1.82) is 0 Å². The minimum Gasteiger partial charge on any atom is -0.459 e. The molecule has 0 saturated carbocycles. The fraction of sp³-hybridized carbons (Fsp3) is 0.857. The molecule has 0 radical (unpaired) electrons. The van der Waals surface area contributed by atoms with Crippen LogP contribution >= 0.6 is 0 Å². The van der Waals surface area contributed by atoms with Crippen molar-refractivity contribution in [2.24, 2.45) is 5.41 Å². The molecule has 0 amide bonds. The van der Waals surface area contributed by atoms with E-state index in [1.54, 1.807) is 20.8 Å². The first-order valence-electron chi connectivity index (χ1n) is 7.59. The van der Waals surface area contributed by atoms with Crippen LogP contribution in [0.2, 0.25) is 0 Å². The quantitative estimate of drug-likeness (QED) is 0.525. The molecule has 2 unspecified atom stereocenters. The van der Waals surface area contributed by atoms with Gasteiger partial charge in [0.15, 0.2) is 0 Å². The number of esters is 2. The molecule has 1 saturated heterocycles. The number of rotatable bonds is 7. The molecule has 7 nitrogen and oxygen atoms in total. The molecular weight excluding hydrogens is 369 g/mol. The molecule has 1 heterocycles. The predicted octanol–water partition coefficient (Wildman–Crippen LogP) is 2.25. The van der Waals surface area contributed by atoms with Crippen LogP contribution in [0.5, 0.6) is 0 Å². The molecule has 1 aliphatic rings. The van der Waals surface area contributed by atoms with Crippen LogP contribution < -0.4 is 0 Å². The molecule has 1 aliphatic heterocycles. The highest BCUT2D eigenvalue weighted by Gasteiger charge is 2.58.